The third kappa shape index (κ3) is 4.58. The quantitative estimate of drug-likeness (QED) is 0.551. The van der Waals surface area contributed by atoms with E-state index in [1.807, 2.05) is 7.05 Å². The number of benzene rings is 1. The lowest BCUT2D eigenvalue weighted by Crippen LogP contribution is -2.49. The molecule has 0 saturated carbocycles. The molecule has 1 fully saturated rings. The van der Waals surface area contributed by atoms with Gasteiger partial charge in [0.2, 0.25) is 0 Å². The monoisotopic (exact) mass is 355 g/mol. The van der Waals surface area contributed by atoms with Gasteiger partial charge in [-0.3, -0.25) is 4.99 Å². The number of hydrogen-bond acceptors (Lipinski definition) is 2. The Morgan fingerprint density at radius 1 is 1.27 bits per heavy atom. The molecule has 0 radical (unpaired) electrons. The third-order valence-electron chi connectivity index (χ3n) is 5.39. The minimum absolute atomic E-state index is 0.532. The van der Waals surface area contributed by atoms with Gasteiger partial charge in [-0.15, -0.1) is 0 Å². The molecule has 0 aliphatic carbocycles. The molecule has 142 valence electrons. The number of aryl methyl sites for hydroxylation is 1. The minimum Gasteiger partial charge on any atom is -0.358 e. The summed E-state index contributed by atoms with van der Waals surface area (Å²) in [6.07, 6.45) is 4.63. The summed E-state index contributed by atoms with van der Waals surface area (Å²) in [6.45, 7) is 8.91. The van der Waals surface area contributed by atoms with Crippen molar-refractivity contribution in [1.29, 1.82) is 0 Å². The van der Waals surface area contributed by atoms with Crippen LogP contribution in [0.5, 0.6) is 0 Å². The van der Waals surface area contributed by atoms with Gasteiger partial charge in [-0.05, 0) is 50.8 Å². The molecule has 0 atom stereocenters. The van der Waals surface area contributed by atoms with E-state index < -0.39 is 0 Å². The van der Waals surface area contributed by atoms with Crippen LogP contribution in [0.3, 0.4) is 0 Å². The molecule has 0 amide bonds. The number of nitrogens with one attached hydrogen (secondary N) is 3. The topological polar surface area (TPSA) is 55.4 Å². The van der Waals surface area contributed by atoms with Crippen LogP contribution in [0.25, 0.3) is 10.9 Å². The maximum atomic E-state index is 4.41. The average molecular weight is 356 g/mol. The number of hydrogen-bond donors (Lipinski definition) is 3. The Balaban J connectivity index is 1.48. The Bertz CT molecular complexity index is 725. The number of fused-ring (bicyclic) bond motifs is 1. The van der Waals surface area contributed by atoms with Crippen molar-refractivity contribution in [1.82, 2.24) is 20.5 Å². The van der Waals surface area contributed by atoms with E-state index in [-0.39, 0.29) is 0 Å². The molecular formula is C21H33N5. The molecule has 0 bridgehead atoms. The van der Waals surface area contributed by atoms with E-state index in [2.05, 4.69) is 63.6 Å². The van der Waals surface area contributed by atoms with Crippen LogP contribution in [-0.4, -0.2) is 55.1 Å². The van der Waals surface area contributed by atoms with Crippen molar-refractivity contribution in [3.05, 3.63) is 35.5 Å². The Kier molecular flexibility index (Phi) is 6.56. The number of likely N-dealkylation sites (tertiary alicyclic amines) is 1. The number of rotatable bonds is 6. The van der Waals surface area contributed by atoms with Crippen LogP contribution in [0.15, 0.2) is 29.3 Å². The molecule has 1 aliphatic rings. The summed E-state index contributed by atoms with van der Waals surface area (Å²) in [5.41, 5.74) is 3.89. The van der Waals surface area contributed by atoms with E-state index in [0.29, 0.717) is 6.04 Å². The Morgan fingerprint density at radius 2 is 2.04 bits per heavy atom. The van der Waals surface area contributed by atoms with Gasteiger partial charge in [-0.1, -0.05) is 25.1 Å². The molecule has 3 rings (SSSR count). The molecular weight excluding hydrogens is 322 g/mol. The van der Waals surface area contributed by atoms with Crippen molar-refractivity contribution in [2.75, 3.05) is 33.2 Å². The second-order valence-electron chi connectivity index (χ2n) is 7.28. The molecule has 0 unspecified atom stereocenters. The molecule has 5 nitrogen and oxygen atoms in total. The molecule has 2 aromatic rings. The predicted octanol–water partition coefficient (Wildman–Crippen LogP) is 3.06. The first kappa shape index (κ1) is 18.8. The zero-order chi connectivity index (χ0) is 18.4. The lowest BCUT2D eigenvalue weighted by molar-refractivity contribution is 0.206. The normalized spacial score (nSPS) is 17.0. The van der Waals surface area contributed by atoms with Crippen LogP contribution < -0.4 is 10.6 Å². The van der Waals surface area contributed by atoms with Gasteiger partial charge in [-0.2, -0.15) is 0 Å². The Hall–Kier alpha value is -2.01. The Morgan fingerprint density at radius 3 is 2.77 bits per heavy atom. The number of aromatic nitrogens is 1. The van der Waals surface area contributed by atoms with E-state index in [9.17, 15) is 0 Å². The van der Waals surface area contributed by atoms with Gasteiger partial charge >= 0.3 is 0 Å². The highest BCUT2D eigenvalue weighted by Crippen LogP contribution is 2.21. The zero-order valence-corrected chi connectivity index (χ0v) is 16.4. The largest absolute Gasteiger partial charge is 0.358 e. The zero-order valence-electron chi connectivity index (χ0n) is 16.4. The molecule has 1 saturated heterocycles. The number of aliphatic imine (C=N–C) groups is 1. The number of aromatic amines is 1. The third-order valence-corrected chi connectivity index (χ3v) is 5.39. The van der Waals surface area contributed by atoms with Crippen molar-refractivity contribution < 1.29 is 0 Å². The first-order chi connectivity index (χ1) is 12.7. The molecule has 2 heterocycles. The fraction of sp³-hybridized carbons (Fsp3) is 0.571. The number of para-hydroxylation sites is 1. The summed E-state index contributed by atoms with van der Waals surface area (Å²) in [5.74, 6) is 0.927. The number of H-pyrrole nitrogens is 1. The fourth-order valence-corrected chi connectivity index (χ4v) is 3.97. The van der Waals surface area contributed by atoms with E-state index in [1.165, 1.54) is 61.1 Å². The second kappa shape index (κ2) is 9.08. The van der Waals surface area contributed by atoms with Gasteiger partial charge in [0.05, 0.1) is 0 Å². The number of piperidine rings is 1. The van der Waals surface area contributed by atoms with Crippen LogP contribution in [0.4, 0.5) is 0 Å². The first-order valence-corrected chi connectivity index (χ1v) is 9.97. The molecule has 1 aromatic heterocycles. The molecule has 3 N–H and O–H groups in total. The van der Waals surface area contributed by atoms with Crippen LogP contribution in [0, 0.1) is 6.92 Å². The van der Waals surface area contributed by atoms with Gasteiger partial charge in [0.15, 0.2) is 5.96 Å². The van der Waals surface area contributed by atoms with Crippen LogP contribution in [0.2, 0.25) is 0 Å². The summed E-state index contributed by atoms with van der Waals surface area (Å²) in [5, 5.41) is 8.43. The highest BCUT2D eigenvalue weighted by Gasteiger charge is 2.19. The number of guanidine groups is 1. The lowest BCUT2D eigenvalue weighted by atomic mass is 10.1. The van der Waals surface area contributed by atoms with Crippen molar-refractivity contribution in [2.45, 2.75) is 45.6 Å². The maximum Gasteiger partial charge on any atom is 0.191 e. The first-order valence-electron chi connectivity index (χ1n) is 9.97. The SMILES string of the molecule is CCCN1CCC(NC(=NC)NCCc2c(C)[nH]c3ccccc23)CC1. The fourth-order valence-electron chi connectivity index (χ4n) is 3.97. The van der Waals surface area contributed by atoms with Gasteiger partial charge in [0.25, 0.3) is 0 Å². The smallest absolute Gasteiger partial charge is 0.191 e. The Labute approximate surface area is 157 Å². The highest BCUT2D eigenvalue weighted by atomic mass is 15.2. The van der Waals surface area contributed by atoms with Gasteiger partial charge < -0.3 is 20.5 Å². The minimum atomic E-state index is 0.532. The highest BCUT2D eigenvalue weighted by molar-refractivity contribution is 5.84. The van der Waals surface area contributed by atoms with Gasteiger partial charge in [0.1, 0.15) is 0 Å². The predicted molar refractivity (Wildman–Crippen MR) is 111 cm³/mol. The summed E-state index contributed by atoms with van der Waals surface area (Å²) in [6, 6.07) is 9.07. The van der Waals surface area contributed by atoms with E-state index in [4.69, 9.17) is 0 Å². The molecule has 1 aromatic carbocycles. The van der Waals surface area contributed by atoms with E-state index in [0.717, 1.165) is 18.9 Å². The second-order valence-corrected chi connectivity index (χ2v) is 7.28. The summed E-state index contributed by atoms with van der Waals surface area (Å²) >= 11 is 0. The summed E-state index contributed by atoms with van der Waals surface area (Å²) in [7, 11) is 1.86. The standard InChI is InChI=1S/C21H33N5/c1-4-13-26-14-10-17(11-15-26)25-21(22-3)23-12-9-18-16(2)24-20-8-6-5-7-19(18)20/h5-8,17,24H,4,9-15H2,1-3H3,(H2,22,23,25). The van der Waals surface area contributed by atoms with E-state index >= 15 is 0 Å². The lowest BCUT2D eigenvalue weighted by Gasteiger charge is -2.32. The summed E-state index contributed by atoms with van der Waals surface area (Å²) in [4.78, 5) is 10.5. The number of nitrogens with zero attached hydrogens (tertiary/aromatic N) is 2. The molecule has 5 heteroatoms. The van der Waals surface area contributed by atoms with Crippen LogP contribution >= 0.6 is 0 Å². The molecule has 26 heavy (non-hydrogen) atoms. The average Bonchev–Trinajstić information content (AvgIpc) is 2.98. The maximum absolute atomic E-state index is 4.41. The van der Waals surface area contributed by atoms with Crippen molar-refractivity contribution in [3.63, 3.8) is 0 Å². The van der Waals surface area contributed by atoms with Crippen LogP contribution in [-0.2, 0) is 6.42 Å². The molecule has 0 spiro atoms. The van der Waals surface area contributed by atoms with Crippen molar-refractivity contribution >= 4 is 16.9 Å². The van der Waals surface area contributed by atoms with Gasteiger partial charge in [0, 0.05) is 49.3 Å². The summed E-state index contributed by atoms with van der Waals surface area (Å²) < 4.78 is 0. The van der Waals surface area contributed by atoms with Gasteiger partial charge in [-0.25, -0.2) is 0 Å². The van der Waals surface area contributed by atoms with Crippen molar-refractivity contribution in [3.8, 4) is 0 Å². The van der Waals surface area contributed by atoms with Crippen molar-refractivity contribution in [2.24, 2.45) is 4.99 Å². The van der Waals surface area contributed by atoms with Crippen LogP contribution in [0.1, 0.15) is 37.4 Å². The molecule has 1 aliphatic heterocycles. The van der Waals surface area contributed by atoms with E-state index in [1.54, 1.807) is 0 Å².